The minimum atomic E-state index is 1.31. The molecule has 141 nitrogen and oxygen atoms in total. The molecule has 0 aromatic heterocycles. The number of hydrogen-bond donors (Lipinski definition) is 1. The first kappa shape index (κ1) is 113. The van der Waals surface area contributed by atoms with Crippen molar-refractivity contribution in [2.24, 2.45) is 726 Å². The van der Waals surface area contributed by atoms with Crippen molar-refractivity contribution < 1.29 is 0 Å². The predicted molar refractivity (Wildman–Crippen MR) is 346 cm³/mol. The Balaban J connectivity index is 4.14. The molecule has 0 fully saturated rings. The van der Waals surface area contributed by atoms with Crippen LogP contribution in [0.15, 0.2) is 726 Å². The Labute approximate surface area is 742 Å². The normalized spacial score (nSPS) is 15.7. The van der Waals surface area contributed by atoms with Gasteiger partial charge < -0.3 is 0 Å². The SMILES string of the molecule is N#CN=NN=NN=NN=NN=NN=NN=NN=NN=NN=NN=NN=NN=NN=NN=NN=NN=NN=NN=NN=NN=NN=NN=NN=NN=NN=NN=NN=NN=NN=NN=NN=NN=NN=NN=NN=NN=NN=NN=NN=NN=NN=NN=NN=NN=NN=NN=NN=NN=NN=NN=NN=NN=NN=NN=NN=NN=NN=NN=NN=NN=NN=NN=NN=NN=NN=NN=NN=NN=NN=N. The molecular formula is CHN141. The number of nitrogens with one attached hydrogen (secondary N) is 1. The van der Waals surface area contributed by atoms with Gasteiger partial charge in [-0.1, -0.05) is 0 Å². The summed E-state index contributed by atoms with van der Waals surface area (Å²) in [5, 5.41) is 423. The Morgan fingerprint density at radius 2 is 0.113 bits per heavy atom. The van der Waals surface area contributed by atoms with Crippen LogP contribution in [0.3, 0.4) is 0 Å². The highest BCUT2D eigenvalue weighted by molar-refractivity contribution is 4.56. The molecule has 0 bridgehead atoms. The van der Waals surface area contributed by atoms with Crippen LogP contribution >= 0.6 is 0 Å². The van der Waals surface area contributed by atoms with Gasteiger partial charge in [0.05, 0.1) is 0 Å². The van der Waals surface area contributed by atoms with E-state index in [-0.39, 0.29) is 0 Å². The molecule has 0 aliphatic carbocycles. The van der Waals surface area contributed by atoms with Crippen LogP contribution in [-0.2, 0) is 0 Å². The average Bonchev–Trinajstić information content (AvgIpc) is 1.10. The smallest absolute Gasteiger partial charge is 0.183 e. The van der Waals surface area contributed by atoms with Crippen molar-refractivity contribution in [1.29, 1.82) is 10.8 Å². The molecule has 0 aliphatic heterocycles. The van der Waals surface area contributed by atoms with Crippen molar-refractivity contribution in [3.8, 4) is 6.19 Å². The summed E-state index contributed by atoms with van der Waals surface area (Å²) in [4.78, 5) is 0. The van der Waals surface area contributed by atoms with Crippen molar-refractivity contribution in [1.82, 2.24) is 0 Å². The molecule has 0 atom stereocenters. The highest BCUT2D eigenvalue weighted by Crippen LogP contribution is 2.02. The highest BCUT2D eigenvalue weighted by atomic mass is 15.8. The van der Waals surface area contributed by atoms with E-state index in [4.69, 9.17) is 10.8 Å². The van der Waals surface area contributed by atoms with Crippen LogP contribution in [0.4, 0.5) is 0 Å². The molecule has 0 saturated carbocycles. The minimum Gasteiger partial charge on any atom is -0.183 e. The molecule has 0 heterocycles. The highest BCUT2D eigenvalue weighted by Gasteiger charge is 1.84. The Bertz CT molecular complexity index is 5200. The van der Waals surface area contributed by atoms with E-state index in [1.165, 1.54) is 6.19 Å². The molecule has 141 heteroatoms. The lowest BCUT2D eigenvalue weighted by molar-refractivity contribution is 0.722. The van der Waals surface area contributed by atoms with Crippen LogP contribution in [0.5, 0.6) is 0 Å². The molecule has 0 radical (unpaired) electrons. The third-order valence-electron chi connectivity index (χ3n) is 5.57. The zero-order chi connectivity index (χ0) is 101. The van der Waals surface area contributed by atoms with Crippen LogP contribution < -0.4 is 0 Å². The monoisotopic (exact) mass is 1990 g/mol. The lowest BCUT2D eigenvalue weighted by Crippen LogP contribution is -1.52. The average molecular weight is 1990 g/mol. The van der Waals surface area contributed by atoms with E-state index in [0.29, 0.717) is 0 Å². The zero-order valence-electron chi connectivity index (χ0n) is 63.6. The molecule has 0 saturated heterocycles. The number of hydrogen-bond acceptors (Lipinski definition) is 3. The third kappa shape index (κ3) is 111. The Kier molecular flexibility index (Phi) is 89.9. The molecule has 0 aliphatic rings. The van der Waals surface area contributed by atoms with Gasteiger partial charge in [-0.15, -0.1) is 0 Å². The number of nitrogens with zero attached hydrogens (tertiary/aromatic N) is 140. The standard InChI is InChI=1S/CHN141/c2-1-4-6-8-10-12-14-16-18-20-22-24-26-28-30-32-34-36-38-40-42-44-46-48-50-52-54-56-58-60-62-64-66-68-70-72-74-76-78-80-82-84-86-88-90-92-94-96-98-100-102-104-106-108-110-112-114-116-118-120-122-124-126-128-130-132-134-136-138-140-142-141-139-137-135-133-131-129-127-125-123-121-119-117-115-113-111-109-107-105-103-101-99-97-95-93-91-89-87-85-83-81-79-77-75-73-71-69-67-65-63-61-59-57-55-53-51-49-47-45-43-41-39-37-35-33-31-29-27-25-23-21-19-17-15-13-11-9-7-5-3/h3H. The zero-order valence-corrected chi connectivity index (χ0v) is 63.6. The summed E-state index contributed by atoms with van der Waals surface area (Å²) in [7, 11) is 0. The summed E-state index contributed by atoms with van der Waals surface area (Å²) in [5.74, 6) is 0. The predicted octanol–water partition coefficient (Wildman–Crippen LogP) is 25.8. The van der Waals surface area contributed by atoms with Gasteiger partial charge in [0.25, 0.3) is 0 Å². The van der Waals surface area contributed by atoms with Gasteiger partial charge >= 0.3 is 0 Å². The maximum Gasteiger partial charge on any atom is 0.227 e. The van der Waals surface area contributed by atoms with Crippen molar-refractivity contribution >= 4 is 0 Å². The summed E-state index contributed by atoms with van der Waals surface area (Å²) >= 11 is 0. The molecule has 0 aromatic carbocycles. The van der Waals surface area contributed by atoms with E-state index in [9.17, 15) is 0 Å². The molecule has 0 aromatic rings. The fourth-order valence-electron chi connectivity index (χ4n) is 2.47. The van der Waals surface area contributed by atoms with Crippen molar-refractivity contribution in [3.63, 3.8) is 0 Å². The second-order valence-corrected chi connectivity index (χ2v) is 12.6. The molecule has 1 N–H and O–H groups in total. The van der Waals surface area contributed by atoms with Gasteiger partial charge in [-0.25, -0.2) is 0 Å². The molecule has 0 amide bonds. The molecule has 0 unspecified atom stereocenters. The lowest BCUT2D eigenvalue weighted by Gasteiger charge is -1.71. The van der Waals surface area contributed by atoms with E-state index in [0.717, 1.165) is 0 Å². The third-order valence-corrected chi connectivity index (χ3v) is 5.57. The van der Waals surface area contributed by atoms with Gasteiger partial charge in [0.15, 0.2) is 0 Å². The first-order valence-corrected chi connectivity index (χ1v) is 28.3. The van der Waals surface area contributed by atoms with Crippen LogP contribution in [0.25, 0.3) is 0 Å². The van der Waals surface area contributed by atoms with Crippen LogP contribution in [0.1, 0.15) is 0 Å². The Morgan fingerprint density at radius 3 is 0.155 bits per heavy atom. The molecule has 710 valence electrons. The Morgan fingerprint density at radius 1 is 0.0704 bits per heavy atom. The second kappa shape index (κ2) is 112. The summed E-state index contributed by atoms with van der Waals surface area (Å²) in [6, 6.07) is 0. The molecule has 0 spiro atoms. The van der Waals surface area contributed by atoms with Crippen LogP contribution in [0, 0.1) is 17.0 Å². The molecule has 142 heavy (non-hydrogen) atoms. The summed E-state index contributed by atoms with van der Waals surface area (Å²) < 4.78 is 0. The largest absolute Gasteiger partial charge is 0.227 e. The first-order chi connectivity index (χ1) is 70.9. The number of nitriles is 1. The Hall–Kier alpha value is -28.5. The maximum absolute atomic E-state index is 8.04. The van der Waals surface area contributed by atoms with Crippen molar-refractivity contribution in [3.05, 3.63) is 0 Å². The van der Waals surface area contributed by atoms with Gasteiger partial charge in [-0.05, 0) is 88.7 Å². The lowest BCUT2D eigenvalue weighted by atomic mass is 11.5. The minimum absolute atomic E-state index is 1.31. The van der Waals surface area contributed by atoms with Crippen LogP contribution in [-0.4, -0.2) is 0 Å². The van der Waals surface area contributed by atoms with Gasteiger partial charge in [0.1, 0.15) is 0 Å². The number of rotatable bonds is 69. The van der Waals surface area contributed by atoms with Gasteiger partial charge in [-0.2, -0.15) is 10.8 Å². The van der Waals surface area contributed by atoms with E-state index >= 15 is 0 Å². The van der Waals surface area contributed by atoms with Crippen LogP contribution in [0.2, 0.25) is 0 Å². The maximum atomic E-state index is 8.04. The van der Waals surface area contributed by atoms with Crippen molar-refractivity contribution in [2.45, 2.75) is 0 Å². The fraction of sp³-hybridized carbons (Fsp3) is 0. The molecular weight excluding hydrogens is 1990 g/mol. The van der Waals surface area contributed by atoms with E-state index in [1.54, 1.807) is 0 Å². The summed E-state index contributed by atoms with van der Waals surface area (Å²) in [6.07, 6.45) is 1.31. The van der Waals surface area contributed by atoms with E-state index < -0.39 is 0 Å². The topological polar surface area (TPSA) is 1770 Å². The second-order valence-electron chi connectivity index (χ2n) is 12.6. The molecule has 0 rings (SSSR count). The van der Waals surface area contributed by atoms with Crippen molar-refractivity contribution in [2.75, 3.05) is 0 Å². The van der Waals surface area contributed by atoms with Gasteiger partial charge in [-0.3, -0.25) is 0 Å². The van der Waals surface area contributed by atoms with Gasteiger partial charge in [0.2, 0.25) is 6.19 Å². The summed E-state index contributed by atoms with van der Waals surface area (Å²) in [5.41, 5.74) is 6.28. The quantitative estimate of drug-likeness (QED) is 0.0346. The van der Waals surface area contributed by atoms with E-state index in [1.807, 2.05) is 0 Å². The van der Waals surface area contributed by atoms with E-state index in [2.05, 4.69) is 726 Å². The van der Waals surface area contributed by atoms with Gasteiger partial charge in [0, 0.05) is 637 Å². The summed E-state index contributed by atoms with van der Waals surface area (Å²) in [6.45, 7) is 0. The fourth-order valence-corrected chi connectivity index (χ4v) is 2.47. The first-order valence-electron chi connectivity index (χ1n) is 28.3.